The Morgan fingerprint density at radius 1 is 0.935 bits per heavy atom. The maximum Gasteiger partial charge on any atom is 0.255 e. The van der Waals surface area contributed by atoms with Crippen LogP contribution in [0.3, 0.4) is 0 Å². The van der Waals surface area contributed by atoms with Gasteiger partial charge in [-0.3, -0.25) is 4.79 Å². The molecular weight excluding hydrogens is 414 g/mol. The average Bonchev–Trinajstić information content (AvgIpc) is 3.28. The molecule has 31 heavy (non-hydrogen) atoms. The molecule has 0 aliphatic carbocycles. The zero-order chi connectivity index (χ0) is 22.0. The molecule has 7 nitrogen and oxygen atoms in total. The molecule has 2 aliphatic rings. The van der Waals surface area contributed by atoms with Crippen molar-refractivity contribution >= 4 is 27.3 Å². The lowest BCUT2D eigenvalue weighted by Crippen LogP contribution is -2.48. The van der Waals surface area contributed by atoms with E-state index in [1.54, 1.807) is 12.1 Å². The summed E-state index contributed by atoms with van der Waals surface area (Å²) in [6.45, 7) is 6.52. The van der Waals surface area contributed by atoms with Crippen LogP contribution in [-0.2, 0) is 14.8 Å². The van der Waals surface area contributed by atoms with Crippen molar-refractivity contribution in [2.45, 2.75) is 43.8 Å². The van der Waals surface area contributed by atoms with Crippen molar-refractivity contribution in [1.29, 1.82) is 0 Å². The summed E-state index contributed by atoms with van der Waals surface area (Å²) in [5.41, 5.74) is 2.28. The molecule has 2 aromatic rings. The van der Waals surface area contributed by atoms with Crippen molar-refractivity contribution in [3.63, 3.8) is 0 Å². The minimum absolute atomic E-state index is 0.152. The minimum Gasteiger partial charge on any atom is -0.373 e. The van der Waals surface area contributed by atoms with Gasteiger partial charge in [0.05, 0.1) is 17.1 Å². The molecule has 0 radical (unpaired) electrons. The molecule has 2 heterocycles. The number of hydrogen-bond donors (Lipinski definition) is 1. The van der Waals surface area contributed by atoms with Crippen molar-refractivity contribution < 1.29 is 17.9 Å². The highest BCUT2D eigenvalue weighted by atomic mass is 32.2. The van der Waals surface area contributed by atoms with E-state index in [-0.39, 0.29) is 23.0 Å². The first-order valence-corrected chi connectivity index (χ1v) is 12.2. The molecule has 2 saturated heterocycles. The van der Waals surface area contributed by atoms with Crippen LogP contribution in [0.4, 0.5) is 11.4 Å². The van der Waals surface area contributed by atoms with Gasteiger partial charge in [-0.25, -0.2) is 8.42 Å². The van der Waals surface area contributed by atoms with Gasteiger partial charge in [-0.2, -0.15) is 4.31 Å². The monoisotopic (exact) mass is 443 g/mol. The van der Waals surface area contributed by atoms with Gasteiger partial charge in [-0.05, 0) is 75.2 Å². The van der Waals surface area contributed by atoms with E-state index < -0.39 is 10.0 Å². The van der Waals surface area contributed by atoms with Crippen LogP contribution >= 0.6 is 0 Å². The van der Waals surface area contributed by atoms with Crippen LogP contribution in [0, 0.1) is 0 Å². The molecule has 0 saturated carbocycles. The largest absolute Gasteiger partial charge is 0.373 e. The van der Waals surface area contributed by atoms with Gasteiger partial charge < -0.3 is 15.0 Å². The molecule has 2 fully saturated rings. The van der Waals surface area contributed by atoms with E-state index in [1.165, 1.54) is 29.3 Å². The first-order valence-electron chi connectivity index (χ1n) is 10.7. The minimum atomic E-state index is -3.63. The number of hydrogen-bond acceptors (Lipinski definition) is 5. The average molecular weight is 444 g/mol. The Labute approximate surface area is 184 Å². The van der Waals surface area contributed by atoms with Crippen LogP contribution in [0.25, 0.3) is 0 Å². The van der Waals surface area contributed by atoms with Crippen LogP contribution in [0.2, 0.25) is 0 Å². The van der Waals surface area contributed by atoms with Crippen LogP contribution in [0.15, 0.2) is 53.4 Å². The fourth-order valence-corrected chi connectivity index (χ4v) is 5.78. The van der Waals surface area contributed by atoms with Crippen molar-refractivity contribution in [2.24, 2.45) is 0 Å². The zero-order valence-electron chi connectivity index (χ0n) is 18.0. The maximum absolute atomic E-state index is 13.0. The predicted octanol–water partition coefficient (Wildman–Crippen LogP) is 3.34. The molecule has 1 N–H and O–H groups in total. The Morgan fingerprint density at radius 3 is 2.10 bits per heavy atom. The number of ether oxygens (including phenoxy) is 1. The van der Waals surface area contributed by atoms with Gasteiger partial charge in [0.2, 0.25) is 10.0 Å². The number of nitrogens with zero attached hydrogens (tertiary/aromatic N) is 2. The summed E-state index contributed by atoms with van der Waals surface area (Å²) in [5, 5.41) is 2.88. The van der Waals surface area contributed by atoms with Gasteiger partial charge >= 0.3 is 0 Å². The van der Waals surface area contributed by atoms with Gasteiger partial charge in [-0.15, -0.1) is 0 Å². The topological polar surface area (TPSA) is 79.0 Å². The quantitative estimate of drug-likeness (QED) is 0.767. The van der Waals surface area contributed by atoms with E-state index in [0.717, 1.165) is 18.8 Å². The summed E-state index contributed by atoms with van der Waals surface area (Å²) in [4.78, 5) is 15.1. The molecule has 2 aliphatic heterocycles. The number of morpholine rings is 1. The summed E-state index contributed by atoms with van der Waals surface area (Å²) in [6.07, 6.45) is 2.13. The van der Waals surface area contributed by atoms with Gasteiger partial charge in [0.15, 0.2) is 0 Å². The lowest BCUT2D eigenvalue weighted by Gasteiger charge is -2.34. The van der Waals surface area contributed by atoms with Crippen LogP contribution < -0.4 is 10.2 Å². The third-order valence-electron chi connectivity index (χ3n) is 5.74. The smallest absolute Gasteiger partial charge is 0.255 e. The maximum atomic E-state index is 13.0. The first-order chi connectivity index (χ1) is 14.8. The highest BCUT2D eigenvalue weighted by Crippen LogP contribution is 2.24. The molecule has 2 aromatic carbocycles. The van der Waals surface area contributed by atoms with Crippen molar-refractivity contribution in [2.75, 3.05) is 36.4 Å². The summed E-state index contributed by atoms with van der Waals surface area (Å²) < 4.78 is 33.0. The molecular formula is C23H29N3O4S. The van der Waals surface area contributed by atoms with E-state index in [2.05, 4.69) is 10.2 Å². The molecule has 0 bridgehead atoms. The van der Waals surface area contributed by atoms with E-state index in [0.29, 0.717) is 24.3 Å². The molecule has 4 rings (SSSR count). The number of carbonyl (C=O) groups excluding carboxylic acids is 1. The fourth-order valence-electron chi connectivity index (χ4n) is 4.19. The van der Waals surface area contributed by atoms with Crippen LogP contribution in [0.5, 0.6) is 0 Å². The molecule has 8 heteroatoms. The van der Waals surface area contributed by atoms with Gasteiger partial charge in [-0.1, -0.05) is 0 Å². The van der Waals surface area contributed by atoms with Gasteiger partial charge in [0, 0.05) is 43.1 Å². The lowest BCUT2D eigenvalue weighted by molar-refractivity contribution is -0.0440. The Hall–Kier alpha value is -2.42. The Kier molecular flexibility index (Phi) is 6.31. The van der Waals surface area contributed by atoms with Crippen molar-refractivity contribution in [1.82, 2.24) is 4.31 Å². The fraction of sp³-hybridized carbons (Fsp3) is 0.435. The lowest BCUT2D eigenvalue weighted by atomic mass is 10.2. The molecule has 166 valence electrons. The summed E-state index contributed by atoms with van der Waals surface area (Å²) in [7, 11) is -3.63. The third-order valence-corrected chi connectivity index (χ3v) is 7.58. The van der Waals surface area contributed by atoms with Crippen LogP contribution in [0.1, 0.15) is 37.0 Å². The molecule has 0 aromatic heterocycles. The second-order valence-corrected chi connectivity index (χ2v) is 10.2. The summed E-state index contributed by atoms with van der Waals surface area (Å²) in [6, 6.07) is 13.9. The predicted molar refractivity (Wildman–Crippen MR) is 121 cm³/mol. The normalized spacial score (nSPS) is 22.5. The number of amides is 1. The molecule has 2 unspecified atom stereocenters. The molecule has 1 amide bonds. The second-order valence-electron chi connectivity index (χ2n) is 8.30. The SMILES string of the molecule is CC1CN(S(=O)(=O)c2ccc(C(=O)Nc3ccc(N4CCCC4)cc3)cc2)CC(C)O1. The van der Waals surface area contributed by atoms with E-state index >= 15 is 0 Å². The number of anilines is 2. The summed E-state index contributed by atoms with van der Waals surface area (Å²) in [5.74, 6) is -0.272. The number of benzene rings is 2. The van der Waals surface area contributed by atoms with E-state index in [4.69, 9.17) is 4.74 Å². The second kappa shape index (κ2) is 8.98. The number of nitrogens with one attached hydrogen (secondary N) is 1. The van der Waals surface area contributed by atoms with E-state index in [9.17, 15) is 13.2 Å². The van der Waals surface area contributed by atoms with Crippen molar-refractivity contribution in [3.8, 4) is 0 Å². The zero-order valence-corrected chi connectivity index (χ0v) is 18.8. The highest BCUT2D eigenvalue weighted by Gasteiger charge is 2.32. The Bertz CT molecular complexity index is 1010. The standard InChI is InChI=1S/C23H29N3O4S/c1-17-15-26(16-18(2)30-17)31(28,29)22-11-5-19(6-12-22)23(27)24-20-7-9-21(10-8-20)25-13-3-4-14-25/h5-12,17-18H,3-4,13-16H2,1-2H3,(H,24,27). The number of rotatable bonds is 5. The third kappa shape index (κ3) is 4.92. The number of sulfonamides is 1. The number of carbonyl (C=O) groups is 1. The Morgan fingerprint density at radius 2 is 1.52 bits per heavy atom. The summed E-state index contributed by atoms with van der Waals surface area (Å²) >= 11 is 0. The Balaban J connectivity index is 1.42. The van der Waals surface area contributed by atoms with E-state index in [1.807, 2.05) is 38.1 Å². The van der Waals surface area contributed by atoms with Crippen LogP contribution in [-0.4, -0.2) is 57.0 Å². The van der Waals surface area contributed by atoms with Gasteiger partial charge in [0.25, 0.3) is 5.91 Å². The highest BCUT2D eigenvalue weighted by molar-refractivity contribution is 7.89. The molecule has 2 atom stereocenters. The first kappa shape index (κ1) is 21.8. The van der Waals surface area contributed by atoms with Crippen molar-refractivity contribution in [3.05, 3.63) is 54.1 Å². The molecule has 0 spiro atoms. The van der Waals surface area contributed by atoms with Gasteiger partial charge in [0.1, 0.15) is 0 Å².